The highest BCUT2D eigenvalue weighted by molar-refractivity contribution is 5.79. The molecule has 1 fully saturated rings. The van der Waals surface area contributed by atoms with E-state index >= 15 is 0 Å². The maximum Gasteiger partial charge on any atom is 0.227 e. The Kier molecular flexibility index (Phi) is 5.19. The average molecular weight is 375 g/mol. The van der Waals surface area contributed by atoms with Crippen LogP contribution in [0.3, 0.4) is 0 Å². The summed E-state index contributed by atoms with van der Waals surface area (Å²) in [5.41, 5.74) is 1.89. The van der Waals surface area contributed by atoms with Crippen molar-refractivity contribution in [3.05, 3.63) is 72.2 Å². The summed E-state index contributed by atoms with van der Waals surface area (Å²) in [6.45, 7) is 4.98. The summed E-state index contributed by atoms with van der Waals surface area (Å²) < 4.78 is 1.98. The molecule has 1 aliphatic heterocycles. The van der Waals surface area contributed by atoms with E-state index < -0.39 is 0 Å². The molecule has 0 saturated carbocycles. The molecule has 0 N–H and O–H groups in total. The SMILES string of the molecule is CC(C)c1nccn1-c1cncc(C2CCCN2C(=O)Cc2ccccc2)n1. The minimum atomic E-state index is -0.0188. The van der Waals surface area contributed by atoms with Crippen LogP contribution in [0.4, 0.5) is 0 Å². The predicted octanol–water partition coefficient (Wildman–Crippen LogP) is 3.69. The molecule has 144 valence electrons. The molecule has 0 radical (unpaired) electrons. The number of hydrogen-bond acceptors (Lipinski definition) is 4. The van der Waals surface area contributed by atoms with Crippen LogP contribution in [0.5, 0.6) is 0 Å². The molecule has 6 heteroatoms. The molecule has 1 aromatic carbocycles. The van der Waals surface area contributed by atoms with E-state index in [-0.39, 0.29) is 17.9 Å². The van der Waals surface area contributed by atoms with Gasteiger partial charge in [-0.3, -0.25) is 14.3 Å². The largest absolute Gasteiger partial charge is 0.334 e. The van der Waals surface area contributed by atoms with Gasteiger partial charge in [-0.25, -0.2) is 9.97 Å². The number of aromatic nitrogens is 4. The molecule has 6 nitrogen and oxygen atoms in total. The Morgan fingerprint density at radius 3 is 2.82 bits per heavy atom. The summed E-state index contributed by atoms with van der Waals surface area (Å²) in [6.07, 6.45) is 9.56. The summed E-state index contributed by atoms with van der Waals surface area (Å²) in [6, 6.07) is 9.88. The van der Waals surface area contributed by atoms with Crippen LogP contribution >= 0.6 is 0 Å². The van der Waals surface area contributed by atoms with Gasteiger partial charge >= 0.3 is 0 Å². The second kappa shape index (κ2) is 7.92. The fourth-order valence-corrected chi connectivity index (χ4v) is 3.83. The van der Waals surface area contributed by atoms with Crippen LogP contribution in [0.25, 0.3) is 5.82 Å². The first-order valence-electron chi connectivity index (χ1n) is 9.82. The highest BCUT2D eigenvalue weighted by Crippen LogP contribution is 2.31. The average Bonchev–Trinajstić information content (AvgIpc) is 3.39. The molecule has 1 amide bonds. The molecule has 2 aromatic heterocycles. The normalized spacial score (nSPS) is 16.7. The van der Waals surface area contributed by atoms with Crippen LogP contribution in [0.15, 0.2) is 55.1 Å². The highest BCUT2D eigenvalue weighted by Gasteiger charge is 2.31. The first-order chi connectivity index (χ1) is 13.6. The lowest BCUT2D eigenvalue weighted by molar-refractivity contribution is -0.131. The van der Waals surface area contributed by atoms with Crippen molar-refractivity contribution in [2.24, 2.45) is 0 Å². The third-order valence-electron chi connectivity index (χ3n) is 5.19. The first kappa shape index (κ1) is 18.3. The maximum absolute atomic E-state index is 12.9. The summed E-state index contributed by atoms with van der Waals surface area (Å²) in [5.74, 6) is 2.14. The molecule has 4 rings (SSSR count). The van der Waals surface area contributed by atoms with Crippen LogP contribution in [-0.2, 0) is 11.2 Å². The third kappa shape index (κ3) is 3.67. The van der Waals surface area contributed by atoms with E-state index in [1.807, 2.05) is 46.0 Å². The van der Waals surface area contributed by atoms with Crippen LogP contribution in [0, 0.1) is 0 Å². The van der Waals surface area contributed by atoms with E-state index in [1.165, 1.54) is 0 Å². The number of imidazole rings is 1. The maximum atomic E-state index is 12.9. The zero-order valence-corrected chi connectivity index (χ0v) is 16.3. The van der Waals surface area contributed by atoms with Crippen molar-refractivity contribution in [1.82, 2.24) is 24.4 Å². The first-order valence-corrected chi connectivity index (χ1v) is 9.82. The van der Waals surface area contributed by atoms with Gasteiger partial charge in [0.05, 0.1) is 30.6 Å². The van der Waals surface area contributed by atoms with Gasteiger partial charge in [-0.2, -0.15) is 0 Å². The quantitative estimate of drug-likeness (QED) is 0.682. The van der Waals surface area contributed by atoms with Gasteiger partial charge in [0.2, 0.25) is 5.91 Å². The number of nitrogens with zero attached hydrogens (tertiary/aromatic N) is 5. The number of carbonyl (C=O) groups is 1. The van der Waals surface area contributed by atoms with E-state index in [4.69, 9.17) is 4.98 Å². The Labute approximate surface area is 165 Å². The van der Waals surface area contributed by atoms with Gasteiger partial charge in [-0.1, -0.05) is 44.2 Å². The van der Waals surface area contributed by atoms with Gasteiger partial charge in [-0.15, -0.1) is 0 Å². The Morgan fingerprint density at radius 1 is 1.21 bits per heavy atom. The minimum absolute atomic E-state index is 0.0188. The Bertz CT molecular complexity index is 950. The fraction of sp³-hybridized carbons (Fsp3) is 0.364. The van der Waals surface area contributed by atoms with Crippen LogP contribution in [0.2, 0.25) is 0 Å². The third-order valence-corrected chi connectivity index (χ3v) is 5.19. The van der Waals surface area contributed by atoms with Crippen molar-refractivity contribution in [2.45, 2.75) is 45.1 Å². The number of carbonyl (C=O) groups excluding carboxylic acids is 1. The molecule has 1 aliphatic rings. The van der Waals surface area contributed by atoms with Crippen LogP contribution < -0.4 is 0 Å². The fourth-order valence-electron chi connectivity index (χ4n) is 3.83. The molecule has 1 saturated heterocycles. The minimum Gasteiger partial charge on any atom is -0.334 e. The molecule has 3 aromatic rings. The Morgan fingerprint density at radius 2 is 2.04 bits per heavy atom. The smallest absolute Gasteiger partial charge is 0.227 e. The number of likely N-dealkylation sites (tertiary alicyclic amines) is 1. The molecule has 28 heavy (non-hydrogen) atoms. The molecule has 0 bridgehead atoms. The van der Waals surface area contributed by atoms with Gasteiger partial charge in [0.25, 0.3) is 0 Å². The molecule has 3 heterocycles. The van der Waals surface area contributed by atoms with Gasteiger partial charge in [0.15, 0.2) is 5.82 Å². The Balaban J connectivity index is 1.58. The summed E-state index contributed by atoms with van der Waals surface area (Å²) in [5, 5.41) is 0. The lowest BCUT2D eigenvalue weighted by atomic mass is 10.1. The molecule has 1 unspecified atom stereocenters. The van der Waals surface area contributed by atoms with Crippen molar-refractivity contribution >= 4 is 5.91 Å². The van der Waals surface area contributed by atoms with Gasteiger partial charge in [0, 0.05) is 24.9 Å². The Hall–Kier alpha value is -3.02. The zero-order chi connectivity index (χ0) is 19.5. The zero-order valence-electron chi connectivity index (χ0n) is 16.3. The predicted molar refractivity (Wildman–Crippen MR) is 107 cm³/mol. The lowest BCUT2D eigenvalue weighted by Gasteiger charge is -2.24. The standard InChI is InChI=1S/C22H25N5O/c1-16(2)22-24-10-12-27(22)20-15-23-14-18(25-20)19-9-6-11-26(19)21(28)13-17-7-4-3-5-8-17/h3-5,7-8,10,12,14-16,19H,6,9,11,13H2,1-2H3. The molecular formula is C22H25N5O. The monoisotopic (exact) mass is 375 g/mol. The molecular weight excluding hydrogens is 350 g/mol. The number of benzene rings is 1. The number of rotatable bonds is 5. The van der Waals surface area contributed by atoms with E-state index in [9.17, 15) is 4.79 Å². The number of amides is 1. The molecule has 0 spiro atoms. The van der Waals surface area contributed by atoms with Crippen molar-refractivity contribution < 1.29 is 4.79 Å². The molecule has 0 aliphatic carbocycles. The van der Waals surface area contributed by atoms with E-state index in [2.05, 4.69) is 23.8 Å². The molecule has 1 atom stereocenters. The van der Waals surface area contributed by atoms with Gasteiger partial charge in [0.1, 0.15) is 5.82 Å². The summed E-state index contributed by atoms with van der Waals surface area (Å²) in [7, 11) is 0. The summed E-state index contributed by atoms with van der Waals surface area (Å²) >= 11 is 0. The van der Waals surface area contributed by atoms with Gasteiger partial charge in [-0.05, 0) is 18.4 Å². The van der Waals surface area contributed by atoms with Crippen LogP contribution in [-0.4, -0.2) is 36.9 Å². The van der Waals surface area contributed by atoms with Crippen molar-refractivity contribution in [3.63, 3.8) is 0 Å². The van der Waals surface area contributed by atoms with Crippen molar-refractivity contribution in [3.8, 4) is 5.82 Å². The summed E-state index contributed by atoms with van der Waals surface area (Å²) in [4.78, 5) is 28.6. The van der Waals surface area contributed by atoms with E-state index in [0.29, 0.717) is 6.42 Å². The number of hydrogen-bond donors (Lipinski definition) is 0. The topological polar surface area (TPSA) is 63.9 Å². The second-order valence-electron chi connectivity index (χ2n) is 7.52. The second-order valence-corrected chi connectivity index (χ2v) is 7.52. The van der Waals surface area contributed by atoms with Crippen molar-refractivity contribution in [1.29, 1.82) is 0 Å². The van der Waals surface area contributed by atoms with Crippen molar-refractivity contribution in [2.75, 3.05) is 6.54 Å². The van der Waals surface area contributed by atoms with E-state index in [1.54, 1.807) is 18.6 Å². The van der Waals surface area contributed by atoms with Gasteiger partial charge < -0.3 is 4.90 Å². The van der Waals surface area contributed by atoms with Crippen LogP contribution in [0.1, 0.15) is 55.7 Å². The highest BCUT2D eigenvalue weighted by atomic mass is 16.2. The lowest BCUT2D eigenvalue weighted by Crippen LogP contribution is -2.32. The van der Waals surface area contributed by atoms with E-state index in [0.717, 1.165) is 42.3 Å².